The lowest BCUT2D eigenvalue weighted by molar-refractivity contribution is 0.0638. The van der Waals surface area contributed by atoms with Gasteiger partial charge in [0.15, 0.2) is 0 Å². The van der Waals surface area contributed by atoms with E-state index < -0.39 is 0 Å². The lowest BCUT2D eigenvalue weighted by Crippen LogP contribution is -2.49. The molecule has 1 saturated heterocycles. The largest absolute Gasteiger partial charge is 0.456 e. The summed E-state index contributed by atoms with van der Waals surface area (Å²) in [6, 6.07) is 54.1. The van der Waals surface area contributed by atoms with Gasteiger partial charge in [0.25, 0.3) is 5.91 Å². The number of carbonyl (C=O) groups is 1. The van der Waals surface area contributed by atoms with Crippen molar-refractivity contribution in [3.8, 4) is 22.5 Å². The molecule has 0 unspecified atom stereocenters. The molecule has 1 amide bonds. The molecule has 0 spiro atoms. The molecule has 2 heterocycles. The van der Waals surface area contributed by atoms with E-state index in [2.05, 4.69) is 186 Å². The summed E-state index contributed by atoms with van der Waals surface area (Å²) in [6.07, 6.45) is 1.06. The molecule has 0 aromatic heterocycles. The lowest BCUT2D eigenvalue weighted by Gasteiger charge is -2.37. The van der Waals surface area contributed by atoms with Crippen molar-refractivity contribution in [1.82, 2.24) is 14.4 Å². The average Bonchev–Trinajstić information content (AvgIpc) is 3.32. The second-order valence-corrected chi connectivity index (χ2v) is 17.2. The molecule has 5 aromatic carbocycles. The molecule has 2 aliphatic heterocycles. The number of benzene rings is 6. The summed E-state index contributed by atoms with van der Waals surface area (Å²) in [6.45, 7) is 16.5. The van der Waals surface area contributed by atoms with Gasteiger partial charge in [-0.3, -0.25) is 9.69 Å². The van der Waals surface area contributed by atoms with E-state index in [1.807, 2.05) is 23.9 Å². The molecule has 1 aliphatic carbocycles. The van der Waals surface area contributed by atoms with Crippen LogP contribution in [0.3, 0.4) is 0 Å². The molecule has 0 bridgehead atoms. The Morgan fingerprint density at radius 2 is 1.26 bits per heavy atom. The van der Waals surface area contributed by atoms with Crippen molar-refractivity contribution < 1.29 is 9.21 Å². The first kappa shape index (κ1) is 42.1. The molecule has 0 atom stereocenters. The zero-order valence-electron chi connectivity index (χ0n) is 36.2. The highest BCUT2D eigenvalue weighted by Crippen LogP contribution is 2.49. The summed E-state index contributed by atoms with van der Waals surface area (Å²) in [7, 11) is 0. The van der Waals surface area contributed by atoms with Gasteiger partial charge in [0.2, 0.25) is 5.36 Å². The highest BCUT2D eigenvalue weighted by molar-refractivity contribution is 8.00. The van der Waals surface area contributed by atoms with Crippen LogP contribution in [0.25, 0.3) is 33.4 Å². The molecule has 0 radical (unpaired) electrons. The van der Waals surface area contributed by atoms with Crippen LogP contribution in [0.15, 0.2) is 156 Å². The molecule has 312 valence electrons. The van der Waals surface area contributed by atoms with Gasteiger partial charge in [0, 0.05) is 79.2 Å². The highest BCUT2D eigenvalue weighted by Gasteiger charge is 2.37. The molecule has 61 heavy (non-hydrogen) atoms. The fourth-order valence-corrected chi connectivity index (χ4v) is 10.7. The third-order valence-corrected chi connectivity index (χ3v) is 14.1. The Morgan fingerprint density at radius 3 is 1.85 bits per heavy atom. The van der Waals surface area contributed by atoms with E-state index in [4.69, 9.17) is 4.42 Å². The fraction of sp³-hybridized carbons (Fsp3) is 0.296. The molecule has 8 rings (SSSR count). The molecule has 7 heteroatoms. The summed E-state index contributed by atoms with van der Waals surface area (Å²) >= 11 is 2.03. The summed E-state index contributed by atoms with van der Waals surface area (Å²) in [5, 5.41) is 2.15. The van der Waals surface area contributed by atoms with Crippen molar-refractivity contribution in [3.63, 3.8) is 0 Å². The minimum Gasteiger partial charge on any atom is -0.456 e. The number of amides is 1. The van der Waals surface area contributed by atoms with Gasteiger partial charge in [-0.1, -0.05) is 109 Å². The van der Waals surface area contributed by atoms with Crippen molar-refractivity contribution in [3.05, 3.63) is 179 Å². The van der Waals surface area contributed by atoms with E-state index in [0.717, 1.165) is 108 Å². The predicted octanol–water partition coefficient (Wildman–Crippen LogP) is 10.7. The van der Waals surface area contributed by atoms with Crippen LogP contribution < -0.4 is 14.8 Å². The molecule has 6 nitrogen and oxygen atoms in total. The van der Waals surface area contributed by atoms with E-state index in [-0.39, 0.29) is 10.7 Å². The van der Waals surface area contributed by atoms with E-state index >= 15 is 0 Å². The van der Waals surface area contributed by atoms with Crippen LogP contribution in [-0.2, 0) is 4.75 Å². The Morgan fingerprint density at radius 1 is 0.672 bits per heavy atom. The normalized spacial score (nSPS) is 13.5. The molecule has 0 saturated carbocycles. The number of hydrogen-bond donors (Lipinski definition) is 0. The van der Waals surface area contributed by atoms with Gasteiger partial charge in [-0.15, -0.1) is 11.8 Å². The number of thioether (sulfide) groups is 1. The molecule has 1 fully saturated rings. The van der Waals surface area contributed by atoms with Crippen LogP contribution in [-0.4, -0.2) is 80.4 Å². The Kier molecular flexibility index (Phi) is 13.4. The van der Waals surface area contributed by atoms with Crippen molar-refractivity contribution in [2.24, 2.45) is 0 Å². The zero-order chi connectivity index (χ0) is 42.2. The van der Waals surface area contributed by atoms with Crippen LogP contribution in [0.4, 0.5) is 5.69 Å². The summed E-state index contributed by atoms with van der Waals surface area (Å²) in [4.78, 5) is 21.6. The van der Waals surface area contributed by atoms with Crippen molar-refractivity contribution in [2.45, 2.75) is 38.9 Å². The smallest absolute Gasteiger partial charge is 0.254 e. The number of anilines is 1. The van der Waals surface area contributed by atoms with Gasteiger partial charge in [-0.2, -0.15) is 0 Å². The lowest BCUT2D eigenvalue weighted by atomic mass is 9.84. The third kappa shape index (κ3) is 8.64. The van der Waals surface area contributed by atoms with Crippen LogP contribution in [0, 0.1) is 0 Å². The second kappa shape index (κ2) is 19.4. The number of rotatable bonds is 15. The van der Waals surface area contributed by atoms with Gasteiger partial charge in [0.1, 0.15) is 24.4 Å². The van der Waals surface area contributed by atoms with Crippen LogP contribution in [0.5, 0.6) is 0 Å². The number of nitrogens with zero attached hydrogens (tertiary/aromatic N) is 4. The van der Waals surface area contributed by atoms with E-state index in [1.54, 1.807) is 0 Å². The van der Waals surface area contributed by atoms with Crippen LogP contribution >= 0.6 is 11.8 Å². The van der Waals surface area contributed by atoms with Gasteiger partial charge >= 0.3 is 0 Å². The Hall–Kier alpha value is -5.63. The van der Waals surface area contributed by atoms with Crippen molar-refractivity contribution in [2.75, 3.05) is 69.6 Å². The van der Waals surface area contributed by atoms with Crippen molar-refractivity contribution >= 4 is 34.3 Å². The predicted molar refractivity (Wildman–Crippen MR) is 257 cm³/mol. The van der Waals surface area contributed by atoms with Crippen molar-refractivity contribution in [1.29, 1.82) is 0 Å². The Bertz CT molecular complexity index is 2480. The van der Waals surface area contributed by atoms with Crippen LogP contribution in [0.1, 0.15) is 61.2 Å². The SMILES string of the molecule is CCN(CC)c1ccc2c(-c3ccccc3C(=O)N3CCN(CCCSC(c4ccccc4)(c4ccccc4)c4ccccc4)CC3)c3ccc(=[N+](CC)CC)cc-3oc2c1. The van der Waals surface area contributed by atoms with Gasteiger partial charge in [0.05, 0.1) is 10.8 Å². The van der Waals surface area contributed by atoms with Gasteiger partial charge < -0.3 is 14.2 Å². The monoisotopic (exact) mass is 827 g/mol. The van der Waals surface area contributed by atoms with E-state index in [0.29, 0.717) is 13.1 Å². The minimum atomic E-state index is -0.312. The quantitative estimate of drug-likeness (QED) is 0.0446. The number of piperazine rings is 1. The second-order valence-electron chi connectivity index (χ2n) is 15.8. The minimum absolute atomic E-state index is 0.0887. The molecular formula is C54H59N4O2S+. The first-order valence-corrected chi connectivity index (χ1v) is 23.2. The fourth-order valence-electron chi connectivity index (χ4n) is 9.24. The standard InChI is InChI=1S/C54H59N4O2S/c1-5-56(6-2)44-29-31-48-50(39-44)60-51-40-45(57(7-3)8-4)30-32-49(51)52(48)46-27-18-19-28-47(46)53(59)58-36-34-55(35-37-58)33-20-38-61-54(41-21-12-9-13-22-41,42-23-14-10-15-24-42)43-25-16-11-17-26-43/h9-19,21-32,39-40H,5-8,20,33-38H2,1-4H3/q+1. The van der Waals surface area contributed by atoms with E-state index in [1.165, 1.54) is 16.7 Å². The number of hydrogen-bond acceptors (Lipinski definition) is 5. The molecule has 3 aliphatic rings. The van der Waals surface area contributed by atoms with Gasteiger partial charge in [-0.05, 0) is 92.9 Å². The number of carbonyl (C=O) groups excluding carboxylic acids is 1. The first-order chi connectivity index (χ1) is 30.0. The number of fused-ring (bicyclic) bond motifs is 2. The molecule has 0 N–H and O–H groups in total. The summed E-state index contributed by atoms with van der Waals surface area (Å²) in [5.74, 6) is 1.92. The Labute approximate surface area is 366 Å². The molecule has 5 aromatic rings. The third-order valence-electron chi connectivity index (χ3n) is 12.5. The Balaban J connectivity index is 1.02. The molecular weight excluding hydrogens is 769 g/mol. The summed E-state index contributed by atoms with van der Waals surface area (Å²) < 4.78 is 8.80. The van der Waals surface area contributed by atoms with Gasteiger partial charge in [-0.25, -0.2) is 4.58 Å². The maximum Gasteiger partial charge on any atom is 0.254 e. The topological polar surface area (TPSA) is 42.9 Å². The maximum absolute atomic E-state index is 14.7. The summed E-state index contributed by atoms with van der Waals surface area (Å²) in [5.41, 5.74) is 9.59. The maximum atomic E-state index is 14.7. The van der Waals surface area contributed by atoms with Crippen LogP contribution in [0.2, 0.25) is 0 Å². The highest BCUT2D eigenvalue weighted by atomic mass is 32.2. The van der Waals surface area contributed by atoms with E-state index in [9.17, 15) is 4.79 Å². The first-order valence-electron chi connectivity index (χ1n) is 22.2. The average molecular weight is 828 g/mol. The zero-order valence-corrected chi connectivity index (χ0v) is 37.0.